The molecule has 0 radical (unpaired) electrons. The van der Waals surface area contributed by atoms with Crippen LogP contribution in [-0.4, -0.2) is 42.0 Å². The quantitative estimate of drug-likeness (QED) is 0.615. The van der Waals surface area contributed by atoms with Crippen molar-refractivity contribution in [2.75, 3.05) is 27.2 Å². The van der Waals surface area contributed by atoms with E-state index in [2.05, 4.69) is 66.1 Å². The summed E-state index contributed by atoms with van der Waals surface area (Å²) in [6.45, 7) is 4.61. The van der Waals surface area contributed by atoms with E-state index in [9.17, 15) is 4.39 Å². The molecule has 5 rings (SSSR count). The molecule has 1 aliphatic heterocycles. The molecule has 158 valence electrons. The number of aromatic nitrogens is 1. The fourth-order valence-electron chi connectivity index (χ4n) is 6.07. The van der Waals surface area contributed by atoms with Gasteiger partial charge >= 0.3 is 0 Å². The van der Waals surface area contributed by atoms with E-state index in [1.54, 1.807) is 12.1 Å². The summed E-state index contributed by atoms with van der Waals surface area (Å²) in [5.41, 5.74) is 5.07. The zero-order valence-corrected chi connectivity index (χ0v) is 18.3. The molecule has 1 saturated carbocycles. The largest absolute Gasteiger partial charge is 0.357 e. The van der Waals surface area contributed by atoms with Crippen molar-refractivity contribution in [3.63, 3.8) is 0 Å². The minimum Gasteiger partial charge on any atom is -0.357 e. The van der Waals surface area contributed by atoms with E-state index < -0.39 is 0 Å². The van der Waals surface area contributed by atoms with Crippen molar-refractivity contribution in [2.45, 2.75) is 50.1 Å². The third-order valence-electron chi connectivity index (χ3n) is 8.01. The Balaban J connectivity index is 1.56. The van der Waals surface area contributed by atoms with E-state index in [4.69, 9.17) is 0 Å². The molecule has 2 fully saturated rings. The second-order valence-corrected chi connectivity index (χ2v) is 9.48. The van der Waals surface area contributed by atoms with Crippen LogP contribution in [0.5, 0.6) is 0 Å². The molecule has 4 heteroatoms. The van der Waals surface area contributed by atoms with Crippen LogP contribution in [0.25, 0.3) is 10.9 Å². The number of aryl methyl sites for hydroxylation is 1. The normalized spacial score (nSPS) is 27.5. The van der Waals surface area contributed by atoms with Crippen LogP contribution in [0.3, 0.4) is 0 Å². The lowest BCUT2D eigenvalue weighted by atomic mass is 9.65. The Hall–Kier alpha value is -2.17. The molecular formula is C26H32FN3. The molecule has 3 aromatic rings. The van der Waals surface area contributed by atoms with Crippen molar-refractivity contribution in [3.05, 3.63) is 71.2 Å². The molecule has 0 unspecified atom stereocenters. The van der Waals surface area contributed by atoms with Gasteiger partial charge in [-0.05, 0) is 82.4 Å². The summed E-state index contributed by atoms with van der Waals surface area (Å²) in [6.07, 6.45) is 5.48. The number of para-hydroxylation sites is 1. The zero-order chi connectivity index (χ0) is 20.9. The number of rotatable bonds is 4. The van der Waals surface area contributed by atoms with Crippen molar-refractivity contribution in [3.8, 4) is 0 Å². The second-order valence-electron chi connectivity index (χ2n) is 9.48. The first-order valence-electron chi connectivity index (χ1n) is 11.2. The van der Waals surface area contributed by atoms with E-state index in [1.165, 1.54) is 41.7 Å². The van der Waals surface area contributed by atoms with Crippen LogP contribution in [0.15, 0.2) is 48.5 Å². The van der Waals surface area contributed by atoms with Crippen molar-refractivity contribution in [1.82, 2.24) is 14.8 Å². The van der Waals surface area contributed by atoms with Crippen LogP contribution in [0.4, 0.5) is 4.39 Å². The van der Waals surface area contributed by atoms with E-state index in [0.717, 1.165) is 31.2 Å². The van der Waals surface area contributed by atoms with Crippen molar-refractivity contribution >= 4 is 10.9 Å². The fourth-order valence-corrected chi connectivity index (χ4v) is 6.07. The Morgan fingerprint density at radius 2 is 1.70 bits per heavy atom. The number of H-pyrrole nitrogens is 1. The summed E-state index contributed by atoms with van der Waals surface area (Å²) < 4.78 is 14.1. The molecule has 1 aliphatic carbocycles. The van der Waals surface area contributed by atoms with Crippen LogP contribution >= 0.6 is 0 Å². The first kappa shape index (κ1) is 19.8. The molecule has 0 spiro atoms. The van der Waals surface area contributed by atoms with Crippen molar-refractivity contribution in [1.29, 1.82) is 0 Å². The molecular weight excluding hydrogens is 373 g/mol. The van der Waals surface area contributed by atoms with Crippen molar-refractivity contribution < 1.29 is 4.39 Å². The topological polar surface area (TPSA) is 22.3 Å². The number of aromatic amines is 1. The van der Waals surface area contributed by atoms with Gasteiger partial charge < -0.3 is 4.98 Å². The van der Waals surface area contributed by atoms with E-state index in [-0.39, 0.29) is 16.9 Å². The lowest BCUT2D eigenvalue weighted by Crippen LogP contribution is -2.58. The number of likely N-dealkylation sites (tertiary alicyclic amines) is 1. The minimum atomic E-state index is -0.139. The highest BCUT2D eigenvalue weighted by Gasteiger charge is 2.51. The summed E-state index contributed by atoms with van der Waals surface area (Å²) >= 11 is 0. The molecule has 0 amide bonds. The van der Waals surface area contributed by atoms with Gasteiger partial charge in [0.1, 0.15) is 5.82 Å². The maximum absolute atomic E-state index is 14.1. The van der Waals surface area contributed by atoms with Gasteiger partial charge in [0.15, 0.2) is 0 Å². The second kappa shape index (κ2) is 7.21. The Bertz CT molecular complexity index is 1060. The van der Waals surface area contributed by atoms with Gasteiger partial charge in [0.2, 0.25) is 0 Å². The lowest BCUT2D eigenvalue weighted by molar-refractivity contribution is -0.0467. The average Bonchev–Trinajstić information content (AvgIpc) is 3.04. The van der Waals surface area contributed by atoms with Crippen LogP contribution < -0.4 is 0 Å². The minimum absolute atomic E-state index is 0.0498. The number of benzene rings is 2. The van der Waals surface area contributed by atoms with Gasteiger partial charge in [-0.25, -0.2) is 4.39 Å². The number of fused-ring (bicyclic) bond motifs is 1. The molecule has 0 atom stereocenters. The van der Waals surface area contributed by atoms with Crippen LogP contribution in [0.1, 0.15) is 48.9 Å². The Morgan fingerprint density at radius 3 is 2.30 bits per heavy atom. The molecule has 1 saturated heterocycles. The van der Waals surface area contributed by atoms with E-state index in [0.29, 0.717) is 0 Å². The highest BCUT2D eigenvalue weighted by atomic mass is 19.1. The van der Waals surface area contributed by atoms with Gasteiger partial charge in [-0.2, -0.15) is 0 Å². The maximum atomic E-state index is 14.1. The lowest BCUT2D eigenvalue weighted by Gasteiger charge is -2.56. The predicted octanol–water partition coefficient (Wildman–Crippen LogP) is 5.55. The first-order valence-corrected chi connectivity index (χ1v) is 11.2. The van der Waals surface area contributed by atoms with Gasteiger partial charge in [-0.3, -0.25) is 9.80 Å². The van der Waals surface area contributed by atoms with Gasteiger partial charge in [0, 0.05) is 35.2 Å². The zero-order valence-electron chi connectivity index (χ0n) is 18.3. The Morgan fingerprint density at radius 1 is 0.967 bits per heavy atom. The van der Waals surface area contributed by atoms with Crippen LogP contribution in [0, 0.1) is 12.7 Å². The molecule has 1 aromatic heterocycles. The average molecular weight is 406 g/mol. The van der Waals surface area contributed by atoms with Gasteiger partial charge in [0.05, 0.1) is 5.54 Å². The molecule has 2 aromatic carbocycles. The van der Waals surface area contributed by atoms with Gasteiger partial charge in [-0.1, -0.05) is 30.3 Å². The molecule has 30 heavy (non-hydrogen) atoms. The maximum Gasteiger partial charge on any atom is 0.123 e. The number of nitrogens with zero attached hydrogens (tertiary/aromatic N) is 2. The monoisotopic (exact) mass is 405 g/mol. The van der Waals surface area contributed by atoms with E-state index >= 15 is 0 Å². The van der Waals surface area contributed by atoms with Gasteiger partial charge in [-0.15, -0.1) is 0 Å². The third kappa shape index (κ3) is 2.84. The molecule has 3 nitrogen and oxygen atoms in total. The Kier molecular flexibility index (Phi) is 4.75. The fraction of sp³-hybridized carbons (Fsp3) is 0.462. The highest BCUT2D eigenvalue weighted by molar-refractivity contribution is 5.84. The molecule has 1 N–H and O–H groups in total. The van der Waals surface area contributed by atoms with Gasteiger partial charge in [0.25, 0.3) is 0 Å². The summed E-state index contributed by atoms with van der Waals surface area (Å²) in [5.74, 6) is -0.139. The Labute approximate surface area is 178 Å². The summed E-state index contributed by atoms with van der Waals surface area (Å²) in [6, 6.07) is 15.9. The number of halogens is 1. The van der Waals surface area contributed by atoms with Crippen molar-refractivity contribution in [2.24, 2.45) is 0 Å². The number of nitrogens with one attached hydrogen (secondary N) is 1. The highest BCUT2D eigenvalue weighted by Crippen LogP contribution is 2.53. The molecule has 2 heterocycles. The SMILES string of the molecule is Cc1c(C2(N3CCC3)CCC(c3cccc(F)c3)(N(C)C)CC2)[nH]c2ccccc12. The summed E-state index contributed by atoms with van der Waals surface area (Å²) in [5, 5.41) is 1.34. The summed E-state index contributed by atoms with van der Waals surface area (Å²) in [7, 11) is 4.30. The van der Waals surface area contributed by atoms with E-state index in [1.807, 2.05) is 6.07 Å². The van der Waals surface area contributed by atoms with Crippen LogP contribution in [0.2, 0.25) is 0 Å². The third-order valence-corrected chi connectivity index (χ3v) is 8.01. The summed E-state index contributed by atoms with van der Waals surface area (Å²) in [4.78, 5) is 8.82. The number of hydrogen-bond acceptors (Lipinski definition) is 2. The smallest absolute Gasteiger partial charge is 0.123 e. The standard InChI is InChI=1S/C26H32FN3/c1-19-22-10-4-5-11-23(22)28-24(19)26(30-16-7-17-30)14-12-25(13-15-26,29(2)3)20-8-6-9-21(27)18-20/h4-6,8-11,18,28H,7,12-17H2,1-3H3. The molecule has 0 bridgehead atoms. The molecule has 2 aliphatic rings. The van der Waals surface area contributed by atoms with Crippen LogP contribution in [-0.2, 0) is 11.1 Å². The first-order chi connectivity index (χ1) is 14.5. The predicted molar refractivity (Wildman–Crippen MR) is 121 cm³/mol. The number of hydrogen-bond donors (Lipinski definition) is 1.